The molecule has 0 bridgehead atoms. The van der Waals surface area contributed by atoms with Crippen LogP contribution in [0.15, 0.2) is 79.0 Å². The van der Waals surface area contributed by atoms with Gasteiger partial charge >= 0.3 is 0 Å². The summed E-state index contributed by atoms with van der Waals surface area (Å²) in [6.45, 7) is 0.596. The van der Waals surface area contributed by atoms with Gasteiger partial charge in [-0.15, -0.1) is 10.2 Å². The van der Waals surface area contributed by atoms with Crippen LogP contribution < -0.4 is 4.74 Å². The number of likely N-dealkylation sites (tertiary alicyclic amines) is 1. The summed E-state index contributed by atoms with van der Waals surface area (Å²) in [5.41, 5.74) is 1.98. The first-order valence-electron chi connectivity index (χ1n) is 10.6. The average molecular weight is 426 g/mol. The molecule has 0 saturated carbocycles. The number of hydrogen-bond donors (Lipinski definition) is 0. The topological polar surface area (TPSA) is 76.8 Å². The third kappa shape index (κ3) is 3.85. The number of hydrogen-bond acceptors (Lipinski definition) is 5. The number of rotatable bonds is 6. The van der Waals surface area contributed by atoms with E-state index in [0.717, 1.165) is 24.3 Å². The Bertz CT molecular complexity index is 1250. The van der Waals surface area contributed by atoms with Crippen molar-refractivity contribution in [2.45, 2.75) is 18.9 Å². The van der Waals surface area contributed by atoms with Gasteiger partial charge in [0.15, 0.2) is 23.9 Å². The summed E-state index contributed by atoms with van der Waals surface area (Å²) in [7, 11) is 0. The van der Waals surface area contributed by atoms with E-state index < -0.39 is 0 Å². The van der Waals surface area contributed by atoms with Gasteiger partial charge in [-0.3, -0.25) is 14.0 Å². The Labute approximate surface area is 185 Å². The maximum absolute atomic E-state index is 12.9. The summed E-state index contributed by atoms with van der Waals surface area (Å²) < 4.78 is 7.66. The summed E-state index contributed by atoms with van der Waals surface area (Å²) in [6.07, 6.45) is 3.67. The molecule has 1 aliphatic rings. The van der Waals surface area contributed by atoms with Crippen molar-refractivity contribution in [2.24, 2.45) is 0 Å². The molecule has 1 saturated heterocycles. The molecular weight excluding hydrogens is 404 g/mol. The highest BCUT2D eigenvalue weighted by Crippen LogP contribution is 2.31. The van der Waals surface area contributed by atoms with Gasteiger partial charge < -0.3 is 9.64 Å². The van der Waals surface area contributed by atoms with E-state index in [2.05, 4.69) is 10.2 Å². The van der Waals surface area contributed by atoms with Crippen LogP contribution in [0.4, 0.5) is 0 Å². The molecule has 2 aromatic heterocycles. The summed E-state index contributed by atoms with van der Waals surface area (Å²) in [6, 6.07) is 21.6. The van der Waals surface area contributed by atoms with Crippen LogP contribution in [0.3, 0.4) is 0 Å². The van der Waals surface area contributed by atoms with Crippen LogP contribution in [0.2, 0.25) is 0 Å². The Morgan fingerprint density at radius 2 is 1.66 bits per heavy atom. The van der Waals surface area contributed by atoms with Crippen LogP contribution in [-0.2, 0) is 4.79 Å². The van der Waals surface area contributed by atoms with E-state index in [1.807, 2.05) is 51.9 Å². The molecule has 1 amide bonds. The molecule has 4 aromatic rings. The summed E-state index contributed by atoms with van der Waals surface area (Å²) >= 11 is 0. The first-order chi connectivity index (χ1) is 15.7. The number of fused-ring (bicyclic) bond motifs is 1. The fraction of sp³-hybridized carbons (Fsp3) is 0.200. The van der Waals surface area contributed by atoms with Gasteiger partial charge in [-0.05, 0) is 49.2 Å². The molecule has 7 nitrogen and oxygen atoms in total. The number of benzene rings is 2. The second-order valence-corrected chi connectivity index (χ2v) is 7.74. The van der Waals surface area contributed by atoms with Crippen LogP contribution in [0.5, 0.6) is 5.75 Å². The molecule has 1 unspecified atom stereocenters. The molecule has 32 heavy (non-hydrogen) atoms. The van der Waals surface area contributed by atoms with Crippen LogP contribution in [0.25, 0.3) is 5.65 Å². The van der Waals surface area contributed by atoms with Crippen molar-refractivity contribution in [1.29, 1.82) is 0 Å². The van der Waals surface area contributed by atoms with Gasteiger partial charge in [-0.2, -0.15) is 0 Å². The fourth-order valence-corrected chi connectivity index (χ4v) is 4.11. The van der Waals surface area contributed by atoms with Crippen molar-refractivity contribution < 1.29 is 14.3 Å². The molecule has 0 radical (unpaired) electrons. The van der Waals surface area contributed by atoms with Crippen molar-refractivity contribution >= 4 is 17.3 Å². The van der Waals surface area contributed by atoms with Gasteiger partial charge in [0.05, 0.1) is 6.04 Å². The quantitative estimate of drug-likeness (QED) is 0.440. The number of nitrogens with zero attached hydrogens (tertiary/aromatic N) is 4. The molecule has 0 N–H and O–H groups in total. The molecule has 2 aromatic carbocycles. The monoisotopic (exact) mass is 426 g/mol. The SMILES string of the molecule is O=C(c1ccccc1)c1ccc(OCC(=O)N2CCCC2c2nnc3ccccn23)cc1. The van der Waals surface area contributed by atoms with Crippen molar-refractivity contribution in [3.05, 3.63) is 95.9 Å². The summed E-state index contributed by atoms with van der Waals surface area (Å²) in [5, 5.41) is 8.54. The van der Waals surface area contributed by atoms with Gasteiger partial charge in [-0.1, -0.05) is 36.4 Å². The Morgan fingerprint density at radius 1 is 0.906 bits per heavy atom. The number of pyridine rings is 1. The Hall–Kier alpha value is -4.00. The van der Waals surface area contributed by atoms with Crippen molar-refractivity contribution in [1.82, 2.24) is 19.5 Å². The van der Waals surface area contributed by atoms with Crippen molar-refractivity contribution in [2.75, 3.05) is 13.2 Å². The number of ether oxygens (including phenoxy) is 1. The Morgan fingerprint density at radius 3 is 2.47 bits per heavy atom. The largest absolute Gasteiger partial charge is 0.484 e. The number of carbonyl (C=O) groups is 2. The molecule has 0 spiro atoms. The number of aromatic nitrogens is 3. The fourth-order valence-electron chi connectivity index (χ4n) is 4.11. The normalized spacial score (nSPS) is 15.8. The van der Waals surface area contributed by atoms with E-state index in [0.29, 0.717) is 23.4 Å². The van der Waals surface area contributed by atoms with Crippen molar-refractivity contribution in [3.8, 4) is 5.75 Å². The zero-order chi connectivity index (χ0) is 21.9. The number of ketones is 1. The molecule has 1 atom stereocenters. The summed E-state index contributed by atoms with van der Waals surface area (Å²) in [5.74, 6) is 1.18. The maximum atomic E-state index is 12.9. The lowest BCUT2D eigenvalue weighted by Gasteiger charge is -2.23. The first-order valence-corrected chi connectivity index (χ1v) is 10.6. The van der Waals surface area contributed by atoms with Gasteiger partial charge in [0, 0.05) is 23.9 Å². The Balaban J connectivity index is 1.24. The average Bonchev–Trinajstić information content (AvgIpc) is 3.50. The van der Waals surface area contributed by atoms with Gasteiger partial charge in [0.2, 0.25) is 0 Å². The highest BCUT2D eigenvalue weighted by molar-refractivity contribution is 6.08. The van der Waals surface area contributed by atoms with Crippen LogP contribution in [0, 0.1) is 0 Å². The van der Waals surface area contributed by atoms with E-state index in [9.17, 15) is 9.59 Å². The number of carbonyl (C=O) groups excluding carboxylic acids is 2. The minimum atomic E-state index is -0.116. The highest BCUT2D eigenvalue weighted by Gasteiger charge is 2.33. The molecule has 3 heterocycles. The Kier molecular flexibility index (Phi) is 5.37. The molecule has 5 rings (SSSR count). The highest BCUT2D eigenvalue weighted by atomic mass is 16.5. The molecule has 0 aliphatic carbocycles. The lowest BCUT2D eigenvalue weighted by molar-refractivity contribution is -0.134. The molecule has 1 aliphatic heterocycles. The smallest absolute Gasteiger partial charge is 0.261 e. The predicted molar refractivity (Wildman–Crippen MR) is 118 cm³/mol. The third-order valence-corrected chi connectivity index (χ3v) is 5.73. The van der Waals surface area contributed by atoms with E-state index in [4.69, 9.17) is 4.74 Å². The van der Waals surface area contributed by atoms with Gasteiger partial charge in [0.25, 0.3) is 5.91 Å². The van der Waals surface area contributed by atoms with E-state index in [1.165, 1.54) is 0 Å². The van der Waals surface area contributed by atoms with Crippen LogP contribution in [0.1, 0.15) is 40.6 Å². The molecule has 7 heteroatoms. The van der Waals surface area contributed by atoms with Crippen molar-refractivity contribution in [3.63, 3.8) is 0 Å². The zero-order valence-electron chi connectivity index (χ0n) is 17.4. The maximum Gasteiger partial charge on any atom is 0.261 e. The van der Waals surface area contributed by atoms with Gasteiger partial charge in [0.1, 0.15) is 5.75 Å². The van der Waals surface area contributed by atoms with E-state index in [-0.39, 0.29) is 24.3 Å². The predicted octanol–water partition coefficient (Wildman–Crippen LogP) is 3.70. The number of amides is 1. The van der Waals surface area contributed by atoms with Crippen LogP contribution in [-0.4, -0.2) is 44.3 Å². The van der Waals surface area contributed by atoms with E-state index >= 15 is 0 Å². The first kappa shape index (κ1) is 19.9. The second kappa shape index (κ2) is 8.63. The minimum Gasteiger partial charge on any atom is -0.484 e. The van der Waals surface area contributed by atoms with Gasteiger partial charge in [-0.25, -0.2) is 0 Å². The second-order valence-electron chi connectivity index (χ2n) is 7.74. The molecule has 1 fully saturated rings. The molecular formula is C25H22N4O3. The lowest BCUT2D eigenvalue weighted by Crippen LogP contribution is -2.35. The minimum absolute atomic E-state index is 0.0475. The summed E-state index contributed by atoms with van der Waals surface area (Å²) in [4.78, 5) is 27.3. The lowest BCUT2D eigenvalue weighted by atomic mass is 10.0. The third-order valence-electron chi connectivity index (χ3n) is 5.73. The van der Waals surface area contributed by atoms with Crippen LogP contribution >= 0.6 is 0 Å². The standard InChI is InChI=1S/C25H22N4O3/c30-23(28-16-6-9-21(28)25-27-26-22-10-4-5-15-29(22)25)17-32-20-13-11-19(12-14-20)24(31)18-7-2-1-3-8-18/h1-5,7-8,10-15,21H,6,9,16-17H2. The van der Waals surface area contributed by atoms with E-state index in [1.54, 1.807) is 36.4 Å². The molecule has 160 valence electrons. The zero-order valence-corrected chi connectivity index (χ0v) is 17.4.